The van der Waals surface area contributed by atoms with E-state index in [1.165, 1.54) is 12.1 Å². The van der Waals surface area contributed by atoms with Gasteiger partial charge in [-0.2, -0.15) is 0 Å². The number of hydrogen-bond donors (Lipinski definition) is 5. The van der Waals surface area contributed by atoms with Crippen LogP contribution in [0.15, 0.2) is 16.6 Å². The first-order chi connectivity index (χ1) is 9.77. The maximum atomic E-state index is 11.0. The number of nitrogens with zero attached hydrogens (tertiary/aromatic N) is 1. The lowest BCUT2D eigenvalue weighted by Gasteiger charge is -2.22. The van der Waals surface area contributed by atoms with Crippen LogP contribution in [0, 0.1) is 17.0 Å². The number of benzene rings is 1. The molecule has 0 aliphatic rings. The van der Waals surface area contributed by atoms with Crippen LogP contribution in [0.5, 0.6) is 0 Å². The number of aliphatic hydroxyl groups excluding tert-OH is 4. The molecule has 0 fully saturated rings. The molecule has 3 atom stereocenters. The second kappa shape index (κ2) is 7.66. The summed E-state index contributed by atoms with van der Waals surface area (Å²) in [6, 6.07) is 2.87. The van der Waals surface area contributed by atoms with Crippen LogP contribution in [0.3, 0.4) is 0 Å². The van der Waals surface area contributed by atoms with Crippen molar-refractivity contribution in [1.82, 2.24) is 0 Å². The van der Waals surface area contributed by atoms with Gasteiger partial charge in [-0.05, 0) is 18.6 Å². The van der Waals surface area contributed by atoms with E-state index in [-0.39, 0.29) is 17.9 Å². The van der Waals surface area contributed by atoms with Gasteiger partial charge < -0.3 is 25.7 Å². The number of nitro groups is 1. The minimum Gasteiger partial charge on any atom is -0.394 e. The number of nitro benzene ring substituents is 1. The molecule has 0 aliphatic heterocycles. The summed E-state index contributed by atoms with van der Waals surface area (Å²) in [4.78, 5) is 10.4. The van der Waals surface area contributed by atoms with Crippen LogP contribution in [0.1, 0.15) is 5.56 Å². The van der Waals surface area contributed by atoms with Crippen LogP contribution in [0.4, 0.5) is 11.4 Å². The van der Waals surface area contributed by atoms with Gasteiger partial charge in [0, 0.05) is 17.1 Å². The first-order valence-corrected chi connectivity index (χ1v) is 6.90. The van der Waals surface area contributed by atoms with Gasteiger partial charge in [0.05, 0.1) is 17.6 Å². The Labute approximate surface area is 129 Å². The maximum absolute atomic E-state index is 11.0. The summed E-state index contributed by atoms with van der Waals surface area (Å²) in [5.41, 5.74) is 0.686. The average Bonchev–Trinajstić information content (AvgIpc) is 2.45. The van der Waals surface area contributed by atoms with Crippen molar-refractivity contribution in [2.24, 2.45) is 0 Å². The largest absolute Gasteiger partial charge is 0.394 e. The van der Waals surface area contributed by atoms with E-state index in [9.17, 15) is 25.4 Å². The van der Waals surface area contributed by atoms with Gasteiger partial charge in [-0.1, -0.05) is 15.9 Å². The molecule has 0 aliphatic carbocycles. The molecule has 1 aromatic rings. The van der Waals surface area contributed by atoms with Crippen molar-refractivity contribution < 1.29 is 25.3 Å². The van der Waals surface area contributed by atoms with E-state index in [0.717, 1.165) is 0 Å². The maximum Gasteiger partial charge on any atom is 0.292 e. The molecule has 1 aromatic carbocycles. The summed E-state index contributed by atoms with van der Waals surface area (Å²) >= 11 is 3.25. The minimum atomic E-state index is -1.56. The van der Waals surface area contributed by atoms with Gasteiger partial charge in [-0.3, -0.25) is 10.1 Å². The number of aliphatic hydroxyl groups is 4. The quantitative estimate of drug-likeness (QED) is 0.343. The third-order valence-corrected chi connectivity index (χ3v) is 3.81. The molecule has 0 spiro atoms. The van der Waals surface area contributed by atoms with E-state index in [1.807, 2.05) is 0 Å². The SMILES string of the molecule is Cc1cc([N+](=O)[O-])c(NCC(O)C(O)C(O)CO)cc1Br. The van der Waals surface area contributed by atoms with Crippen LogP contribution in [-0.4, -0.2) is 56.8 Å². The molecular weight excluding hydrogens is 348 g/mol. The highest BCUT2D eigenvalue weighted by Gasteiger charge is 2.25. The monoisotopic (exact) mass is 364 g/mol. The normalized spacial score (nSPS) is 15.3. The molecule has 9 heteroatoms. The Kier molecular flexibility index (Phi) is 6.49. The molecule has 8 nitrogen and oxygen atoms in total. The number of halogens is 1. The summed E-state index contributed by atoms with van der Waals surface area (Å²) in [6.07, 6.45) is -4.44. The smallest absolute Gasteiger partial charge is 0.292 e. The van der Waals surface area contributed by atoms with Crippen molar-refractivity contribution in [3.05, 3.63) is 32.3 Å². The van der Waals surface area contributed by atoms with Crippen LogP contribution in [0.25, 0.3) is 0 Å². The number of aryl methyl sites for hydroxylation is 1. The number of nitrogens with one attached hydrogen (secondary N) is 1. The zero-order chi connectivity index (χ0) is 16.2. The Morgan fingerprint density at radius 1 is 1.33 bits per heavy atom. The van der Waals surface area contributed by atoms with Gasteiger partial charge in [0.2, 0.25) is 0 Å². The summed E-state index contributed by atoms with van der Waals surface area (Å²) < 4.78 is 0.654. The molecule has 0 amide bonds. The van der Waals surface area contributed by atoms with E-state index >= 15 is 0 Å². The molecule has 21 heavy (non-hydrogen) atoms. The van der Waals surface area contributed by atoms with E-state index in [0.29, 0.717) is 10.0 Å². The standard InChI is InChI=1S/C12H17BrN2O6/c1-6-2-9(15(20)21)8(3-7(6)13)14-4-10(17)12(19)11(18)5-16/h2-3,10-12,14,16-19H,4-5H2,1H3. The lowest BCUT2D eigenvalue weighted by atomic mass is 10.1. The molecule has 0 aromatic heterocycles. The molecular formula is C12H17BrN2O6. The van der Waals surface area contributed by atoms with E-state index in [2.05, 4.69) is 21.2 Å². The molecule has 3 unspecified atom stereocenters. The van der Waals surface area contributed by atoms with Gasteiger partial charge in [0.25, 0.3) is 5.69 Å². The van der Waals surface area contributed by atoms with Crippen molar-refractivity contribution >= 4 is 27.3 Å². The lowest BCUT2D eigenvalue weighted by Crippen LogP contribution is -2.42. The Morgan fingerprint density at radius 2 is 1.95 bits per heavy atom. The van der Waals surface area contributed by atoms with Crippen LogP contribution < -0.4 is 5.32 Å². The van der Waals surface area contributed by atoms with Crippen molar-refractivity contribution in [3.8, 4) is 0 Å². The van der Waals surface area contributed by atoms with Crippen LogP contribution in [0.2, 0.25) is 0 Å². The van der Waals surface area contributed by atoms with Crippen molar-refractivity contribution in [2.45, 2.75) is 25.2 Å². The Hall–Kier alpha value is -1.26. The molecule has 118 valence electrons. The molecule has 0 bridgehead atoms. The number of hydrogen-bond acceptors (Lipinski definition) is 7. The molecule has 1 rings (SSSR count). The van der Waals surface area contributed by atoms with Gasteiger partial charge in [0.15, 0.2) is 0 Å². The Balaban J connectivity index is 2.84. The van der Waals surface area contributed by atoms with E-state index in [4.69, 9.17) is 5.11 Å². The van der Waals surface area contributed by atoms with Crippen molar-refractivity contribution in [2.75, 3.05) is 18.5 Å². The van der Waals surface area contributed by atoms with Crippen LogP contribution in [-0.2, 0) is 0 Å². The molecule has 0 heterocycles. The second-order valence-electron chi connectivity index (χ2n) is 4.56. The first-order valence-electron chi connectivity index (χ1n) is 6.11. The third-order valence-electron chi connectivity index (χ3n) is 2.95. The highest BCUT2D eigenvalue weighted by molar-refractivity contribution is 9.10. The average molecular weight is 365 g/mol. The van der Waals surface area contributed by atoms with E-state index in [1.54, 1.807) is 6.92 Å². The Bertz CT molecular complexity index is 513. The van der Waals surface area contributed by atoms with Gasteiger partial charge >= 0.3 is 0 Å². The number of anilines is 1. The fraction of sp³-hybridized carbons (Fsp3) is 0.500. The fourth-order valence-electron chi connectivity index (χ4n) is 1.66. The predicted molar refractivity (Wildman–Crippen MR) is 79.1 cm³/mol. The van der Waals surface area contributed by atoms with E-state index < -0.39 is 29.8 Å². The second-order valence-corrected chi connectivity index (χ2v) is 5.42. The van der Waals surface area contributed by atoms with Gasteiger partial charge in [-0.15, -0.1) is 0 Å². The first kappa shape index (κ1) is 17.8. The van der Waals surface area contributed by atoms with Crippen molar-refractivity contribution in [3.63, 3.8) is 0 Å². The van der Waals surface area contributed by atoms with Crippen molar-refractivity contribution in [1.29, 1.82) is 0 Å². The summed E-state index contributed by atoms with van der Waals surface area (Å²) in [5.74, 6) is 0. The summed E-state index contributed by atoms with van der Waals surface area (Å²) in [5, 5.41) is 50.7. The molecule has 0 saturated carbocycles. The topological polar surface area (TPSA) is 136 Å². The summed E-state index contributed by atoms with van der Waals surface area (Å²) in [6.45, 7) is 0.778. The minimum absolute atomic E-state index is 0.167. The van der Waals surface area contributed by atoms with Gasteiger partial charge in [-0.25, -0.2) is 0 Å². The fourth-order valence-corrected chi connectivity index (χ4v) is 2.00. The molecule has 5 N–H and O–H groups in total. The molecule has 0 saturated heterocycles. The predicted octanol–water partition coefficient (Wildman–Crippen LogP) is 0.153. The van der Waals surface area contributed by atoms with Gasteiger partial charge in [0.1, 0.15) is 17.9 Å². The third kappa shape index (κ3) is 4.61. The molecule has 0 radical (unpaired) electrons. The van der Waals surface area contributed by atoms with Crippen LogP contribution >= 0.6 is 15.9 Å². The zero-order valence-electron chi connectivity index (χ0n) is 11.2. The Morgan fingerprint density at radius 3 is 2.48 bits per heavy atom. The highest BCUT2D eigenvalue weighted by atomic mass is 79.9. The zero-order valence-corrected chi connectivity index (χ0v) is 12.8. The lowest BCUT2D eigenvalue weighted by molar-refractivity contribution is -0.384. The number of rotatable bonds is 7. The highest BCUT2D eigenvalue weighted by Crippen LogP contribution is 2.31. The summed E-state index contributed by atoms with van der Waals surface area (Å²) in [7, 11) is 0.